The summed E-state index contributed by atoms with van der Waals surface area (Å²) < 4.78 is 5.23. The fourth-order valence-electron chi connectivity index (χ4n) is 2.29. The van der Waals surface area contributed by atoms with E-state index in [1.54, 1.807) is 30.3 Å². The lowest BCUT2D eigenvalue weighted by Crippen LogP contribution is -2.05. The highest BCUT2D eigenvalue weighted by molar-refractivity contribution is 6.31. The van der Waals surface area contributed by atoms with E-state index in [-0.39, 0.29) is 5.90 Å². The summed E-state index contributed by atoms with van der Waals surface area (Å²) >= 11 is 5.95. The topological polar surface area (TPSA) is 38.7 Å². The van der Waals surface area contributed by atoms with E-state index in [1.165, 1.54) is 5.56 Å². The smallest absolute Gasteiger partial charge is 0.363 e. The summed E-state index contributed by atoms with van der Waals surface area (Å²) in [4.78, 5) is 16.3. The summed E-state index contributed by atoms with van der Waals surface area (Å²) in [5.41, 5.74) is 4.20. The Labute approximate surface area is 133 Å². The van der Waals surface area contributed by atoms with Gasteiger partial charge in [-0.1, -0.05) is 41.4 Å². The number of halogens is 1. The van der Waals surface area contributed by atoms with E-state index < -0.39 is 5.97 Å². The Kier molecular flexibility index (Phi) is 3.82. The molecule has 0 fully saturated rings. The van der Waals surface area contributed by atoms with Crippen LogP contribution in [0.15, 0.2) is 53.2 Å². The van der Waals surface area contributed by atoms with Gasteiger partial charge in [-0.05, 0) is 49.2 Å². The van der Waals surface area contributed by atoms with Gasteiger partial charge in [0.15, 0.2) is 5.70 Å². The number of hydrogen-bond donors (Lipinski definition) is 0. The number of nitrogens with zero attached hydrogens (tertiary/aromatic N) is 1. The van der Waals surface area contributed by atoms with Crippen LogP contribution < -0.4 is 0 Å². The number of esters is 1. The Morgan fingerprint density at radius 3 is 2.68 bits per heavy atom. The zero-order chi connectivity index (χ0) is 15.7. The first-order valence-electron chi connectivity index (χ1n) is 6.89. The van der Waals surface area contributed by atoms with Crippen molar-refractivity contribution in [2.24, 2.45) is 4.99 Å². The third kappa shape index (κ3) is 2.95. The Morgan fingerprint density at radius 1 is 1.14 bits per heavy atom. The standard InChI is InChI=1S/C18H14ClNO2/c1-11-6-7-13(12(2)8-11)10-16-18(21)22-17(20-16)14-4-3-5-15(19)9-14/h3-10H,1-2H3/b16-10-. The molecule has 4 heteroatoms. The van der Waals surface area contributed by atoms with Gasteiger partial charge in [0.25, 0.3) is 0 Å². The molecule has 0 aromatic heterocycles. The number of benzene rings is 2. The molecule has 3 rings (SSSR count). The number of carbonyl (C=O) groups is 1. The maximum absolute atomic E-state index is 12.0. The summed E-state index contributed by atoms with van der Waals surface area (Å²) in [7, 11) is 0. The number of hydrogen-bond acceptors (Lipinski definition) is 3. The van der Waals surface area contributed by atoms with Crippen molar-refractivity contribution in [3.05, 3.63) is 75.4 Å². The predicted octanol–water partition coefficient (Wildman–Crippen LogP) is 4.30. The van der Waals surface area contributed by atoms with Crippen LogP contribution in [0, 0.1) is 13.8 Å². The monoisotopic (exact) mass is 311 g/mol. The molecule has 0 saturated heterocycles. The molecule has 0 amide bonds. The van der Waals surface area contributed by atoms with E-state index in [1.807, 2.05) is 26.0 Å². The van der Waals surface area contributed by atoms with Crippen LogP contribution in [0.5, 0.6) is 0 Å². The Morgan fingerprint density at radius 2 is 1.95 bits per heavy atom. The van der Waals surface area contributed by atoms with Crippen LogP contribution in [-0.4, -0.2) is 11.9 Å². The average molecular weight is 312 g/mol. The number of cyclic esters (lactones) is 1. The second-order valence-corrected chi connectivity index (χ2v) is 5.64. The molecule has 3 nitrogen and oxygen atoms in total. The summed E-state index contributed by atoms with van der Waals surface area (Å²) in [6, 6.07) is 13.1. The highest BCUT2D eigenvalue weighted by Gasteiger charge is 2.24. The zero-order valence-corrected chi connectivity index (χ0v) is 13.0. The van der Waals surface area contributed by atoms with E-state index in [0.29, 0.717) is 16.3 Å². The first-order valence-corrected chi connectivity index (χ1v) is 7.26. The Balaban J connectivity index is 1.97. The van der Waals surface area contributed by atoms with Crippen LogP contribution >= 0.6 is 11.6 Å². The summed E-state index contributed by atoms with van der Waals surface area (Å²) in [5.74, 6) is -0.168. The minimum absolute atomic E-state index is 0.281. The molecule has 0 unspecified atom stereocenters. The Hall–Kier alpha value is -2.39. The van der Waals surface area contributed by atoms with Crippen molar-refractivity contribution in [1.82, 2.24) is 0 Å². The van der Waals surface area contributed by atoms with Crippen LogP contribution in [0.25, 0.3) is 6.08 Å². The molecule has 0 atom stereocenters. The maximum atomic E-state index is 12.0. The largest absolute Gasteiger partial charge is 0.402 e. The third-order valence-electron chi connectivity index (χ3n) is 3.41. The van der Waals surface area contributed by atoms with E-state index in [4.69, 9.17) is 16.3 Å². The van der Waals surface area contributed by atoms with Crippen LogP contribution in [0.1, 0.15) is 22.3 Å². The molecule has 110 valence electrons. The molecule has 2 aromatic carbocycles. The van der Waals surface area contributed by atoms with Crippen molar-refractivity contribution in [2.45, 2.75) is 13.8 Å². The van der Waals surface area contributed by atoms with E-state index in [0.717, 1.165) is 11.1 Å². The molecule has 1 aliphatic heterocycles. The van der Waals surface area contributed by atoms with Gasteiger partial charge in [-0.25, -0.2) is 9.79 Å². The van der Waals surface area contributed by atoms with Crippen molar-refractivity contribution in [1.29, 1.82) is 0 Å². The summed E-state index contributed by atoms with van der Waals surface area (Å²) in [6.45, 7) is 4.03. The van der Waals surface area contributed by atoms with Crippen molar-refractivity contribution in [2.75, 3.05) is 0 Å². The molecule has 1 aliphatic rings. The first-order chi connectivity index (χ1) is 10.5. The zero-order valence-electron chi connectivity index (χ0n) is 12.3. The van der Waals surface area contributed by atoms with Gasteiger partial charge >= 0.3 is 5.97 Å². The molecule has 0 spiro atoms. The Bertz CT molecular complexity index is 822. The van der Waals surface area contributed by atoms with Gasteiger partial charge in [-0.3, -0.25) is 0 Å². The van der Waals surface area contributed by atoms with Gasteiger partial charge in [0.05, 0.1) is 0 Å². The van der Waals surface area contributed by atoms with Crippen LogP contribution in [0.4, 0.5) is 0 Å². The second kappa shape index (κ2) is 5.78. The van der Waals surface area contributed by atoms with E-state index >= 15 is 0 Å². The molecule has 0 bridgehead atoms. The average Bonchev–Trinajstić information content (AvgIpc) is 2.83. The summed E-state index contributed by atoms with van der Waals surface area (Å²) in [5, 5.41) is 0.572. The highest BCUT2D eigenvalue weighted by Crippen LogP contribution is 2.22. The number of aryl methyl sites for hydroxylation is 2. The second-order valence-electron chi connectivity index (χ2n) is 5.21. The SMILES string of the molecule is Cc1ccc(/C=C2\N=C(c3cccc(Cl)c3)OC2=O)c(C)c1. The minimum atomic E-state index is -0.449. The van der Waals surface area contributed by atoms with E-state index in [2.05, 4.69) is 11.1 Å². The van der Waals surface area contributed by atoms with Crippen molar-refractivity contribution < 1.29 is 9.53 Å². The normalized spacial score (nSPS) is 15.9. The molecular weight excluding hydrogens is 298 g/mol. The lowest BCUT2D eigenvalue weighted by atomic mass is 10.0. The lowest BCUT2D eigenvalue weighted by Gasteiger charge is -2.01. The van der Waals surface area contributed by atoms with Crippen molar-refractivity contribution >= 4 is 29.5 Å². The van der Waals surface area contributed by atoms with Crippen molar-refractivity contribution in [3.63, 3.8) is 0 Å². The fraction of sp³-hybridized carbons (Fsp3) is 0.111. The molecule has 0 N–H and O–H groups in total. The number of rotatable bonds is 2. The molecule has 0 aliphatic carbocycles. The first kappa shape index (κ1) is 14.5. The van der Waals surface area contributed by atoms with Gasteiger partial charge in [0, 0.05) is 10.6 Å². The molecule has 22 heavy (non-hydrogen) atoms. The molecule has 2 aromatic rings. The highest BCUT2D eigenvalue weighted by atomic mass is 35.5. The number of ether oxygens (including phenoxy) is 1. The quantitative estimate of drug-likeness (QED) is 0.612. The molecular formula is C18H14ClNO2. The molecule has 0 saturated carbocycles. The lowest BCUT2D eigenvalue weighted by molar-refractivity contribution is -0.129. The van der Waals surface area contributed by atoms with Crippen LogP contribution in [-0.2, 0) is 9.53 Å². The fourth-order valence-corrected chi connectivity index (χ4v) is 2.48. The van der Waals surface area contributed by atoms with Gasteiger partial charge in [0.1, 0.15) is 0 Å². The maximum Gasteiger partial charge on any atom is 0.363 e. The number of aliphatic imine (C=N–C) groups is 1. The molecule has 0 radical (unpaired) electrons. The molecule has 1 heterocycles. The van der Waals surface area contributed by atoms with Gasteiger partial charge in [-0.2, -0.15) is 0 Å². The number of carbonyl (C=O) groups excluding carboxylic acids is 1. The van der Waals surface area contributed by atoms with Gasteiger partial charge < -0.3 is 4.74 Å². The van der Waals surface area contributed by atoms with Crippen LogP contribution in [0.3, 0.4) is 0 Å². The third-order valence-corrected chi connectivity index (χ3v) is 3.64. The van der Waals surface area contributed by atoms with Gasteiger partial charge in [-0.15, -0.1) is 0 Å². The minimum Gasteiger partial charge on any atom is -0.402 e. The predicted molar refractivity (Wildman–Crippen MR) is 88.0 cm³/mol. The van der Waals surface area contributed by atoms with Crippen LogP contribution in [0.2, 0.25) is 5.02 Å². The van der Waals surface area contributed by atoms with Gasteiger partial charge in [0.2, 0.25) is 5.90 Å². The summed E-state index contributed by atoms with van der Waals surface area (Å²) in [6.07, 6.45) is 1.74. The van der Waals surface area contributed by atoms with Crippen molar-refractivity contribution in [3.8, 4) is 0 Å². The van der Waals surface area contributed by atoms with E-state index in [9.17, 15) is 4.79 Å².